The number of carboxylic acid groups (broad SMARTS) is 1. The normalized spacial score (nSPS) is 10.7. The molecule has 1 N–H and O–H groups in total. The summed E-state index contributed by atoms with van der Waals surface area (Å²) >= 11 is 0. The van der Waals surface area contributed by atoms with E-state index in [0.717, 1.165) is 0 Å². The summed E-state index contributed by atoms with van der Waals surface area (Å²) in [5, 5.41) is 13.3. The number of hydrogen-bond donors (Lipinski definition) is 1. The quantitative estimate of drug-likeness (QED) is 0.825. The molecule has 0 aliphatic heterocycles. The second kappa shape index (κ2) is 4.33. The van der Waals surface area contributed by atoms with Gasteiger partial charge < -0.3 is 9.84 Å². The van der Waals surface area contributed by atoms with E-state index in [0.29, 0.717) is 18.0 Å². The van der Waals surface area contributed by atoms with Crippen LogP contribution in [0.15, 0.2) is 0 Å². The summed E-state index contributed by atoms with van der Waals surface area (Å²) in [6.07, 6.45) is 0.581. The standard InChI is InChI=1S/C10H16N2O3/c1-5-7-8(10(13)14)9(15-4)12(11-7)6(2)3/h6H,5H2,1-4H3,(H,13,14). The van der Waals surface area contributed by atoms with E-state index in [4.69, 9.17) is 9.84 Å². The number of aromatic nitrogens is 2. The number of ether oxygens (including phenoxy) is 1. The number of carboxylic acids is 1. The molecule has 0 saturated heterocycles. The van der Waals surface area contributed by atoms with Crippen molar-refractivity contribution in [2.75, 3.05) is 7.11 Å². The summed E-state index contributed by atoms with van der Waals surface area (Å²) < 4.78 is 6.70. The molecular formula is C10H16N2O3. The van der Waals surface area contributed by atoms with E-state index in [9.17, 15) is 4.79 Å². The molecule has 15 heavy (non-hydrogen) atoms. The number of carbonyl (C=O) groups is 1. The first-order valence-corrected chi connectivity index (χ1v) is 4.91. The molecule has 0 radical (unpaired) electrons. The van der Waals surface area contributed by atoms with Crippen LogP contribution in [0.2, 0.25) is 0 Å². The predicted molar refractivity (Wildman–Crippen MR) is 55.5 cm³/mol. The van der Waals surface area contributed by atoms with Gasteiger partial charge in [0, 0.05) is 0 Å². The van der Waals surface area contributed by atoms with Gasteiger partial charge in [-0.15, -0.1) is 0 Å². The van der Waals surface area contributed by atoms with Crippen LogP contribution in [0, 0.1) is 0 Å². The molecule has 0 fully saturated rings. The Bertz CT molecular complexity index is 369. The van der Waals surface area contributed by atoms with Crippen LogP contribution in [0.4, 0.5) is 0 Å². The van der Waals surface area contributed by atoms with E-state index in [1.807, 2.05) is 20.8 Å². The zero-order valence-corrected chi connectivity index (χ0v) is 9.44. The third-order valence-electron chi connectivity index (χ3n) is 2.17. The monoisotopic (exact) mass is 212 g/mol. The molecule has 0 bridgehead atoms. The van der Waals surface area contributed by atoms with Crippen LogP contribution >= 0.6 is 0 Å². The van der Waals surface area contributed by atoms with Crippen LogP contribution in [-0.4, -0.2) is 28.0 Å². The zero-order chi connectivity index (χ0) is 11.6. The molecule has 0 unspecified atom stereocenters. The zero-order valence-electron chi connectivity index (χ0n) is 9.44. The molecule has 1 rings (SSSR count). The Labute approximate surface area is 88.7 Å². The summed E-state index contributed by atoms with van der Waals surface area (Å²) in [7, 11) is 1.46. The lowest BCUT2D eigenvalue weighted by atomic mass is 10.2. The summed E-state index contributed by atoms with van der Waals surface area (Å²) in [5.41, 5.74) is 0.738. The first-order valence-electron chi connectivity index (χ1n) is 4.91. The highest BCUT2D eigenvalue weighted by Crippen LogP contribution is 2.25. The molecule has 0 saturated carbocycles. The Kier molecular flexibility index (Phi) is 3.34. The Hall–Kier alpha value is -1.52. The molecule has 1 aromatic heterocycles. The van der Waals surface area contributed by atoms with Crippen molar-refractivity contribution in [3.8, 4) is 5.88 Å². The number of rotatable bonds is 4. The largest absolute Gasteiger partial charge is 0.481 e. The Balaban J connectivity index is 3.39. The van der Waals surface area contributed by atoms with Crippen molar-refractivity contribution in [3.63, 3.8) is 0 Å². The average Bonchev–Trinajstić information content (AvgIpc) is 2.55. The first-order chi connectivity index (χ1) is 7.02. The molecule has 1 aromatic rings. The van der Waals surface area contributed by atoms with Crippen molar-refractivity contribution in [1.29, 1.82) is 0 Å². The van der Waals surface area contributed by atoms with E-state index >= 15 is 0 Å². The highest BCUT2D eigenvalue weighted by atomic mass is 16.5. The molecule has 0 aliphatic rings. The van der Waals surface area contributed by atoms with E-state index in [2.05, 4.69) is 5.10 Å². The lowest BCUT2D eigenvalue weighted by Crippen LogP contribution is -2.07. The number of aromatic carboxylic acids is 1. The third kappa shape index (κ3) is 1.95. The van der Waals surface area contributed by atoms with Gasteiger partial charge in [-0.2, -0.15) is 5.10 Å². The van der Waals surface area contributed by atoms with Crippen molar-refractivity contribution >= 4 is 5.97 Å². The Morgan fingerprint density at radius 3 is 2.53 bits per heavy atom. The van der Waals surface area contributed by atoms with E-state index in [-0.39, 0.29) is 11.6 Å². The van der Waals surface area contributed by atoms with Crippen LogP contribution in [0.3, 0.4) is 0 Å². The fraction of sp³-hybridized carbons (Fsp3) is 0.600. The maximum atomic E-state index is 11.1. The van der Waals surface area contributed by atoms with Crippen LogP contribution < -0.4 is 4.74 Å². The third-order valence-corrected chi connectivity index (χ3v) is 2.17. The highest BCUT2D eigenvalue weighted by Gasteiger charge is 2.24. The molecule has 84 valence electrons. The van der Waals surface area contributed by atoms with Crippen molar-refractivity contribution < 1.29 is 14.6 Å². The Morgan fingerprint density at radius 2 is 2.20 bits per heavy atom. The van der Waals surface area contributed by atoms with Gasteiger partial charge in [-0.3, -0.25) is 0 Å². The molecule has 0 atom stereocenters. The minimum absolute atomic E-state index is 0.0818. The number of aryl methyl sites for hydroxylation is 1. The summed E-state index contributed by atoms with van der Waals surface area (Å²) in [5.74, 6) is -0.662. The van der Waals surface area contributed by atoms with Crippen molar-refractivity contribution in [1.82, 2.24) is 9.78 Å². The molecule has 1 heterocycles. The number of nitrogens with zero attached hydrogens (tertiary/aromatic N) is 2. The van der Waals surface area contributed by atoms with Gasteiger partial charge in [0.1, 0.15) is 5.56 Å². The lowest BCUT2D eigenvalue weighted by molar-refractivity contribution is 0.0691. The predicted octanol–water partition coefficient (Wildman–Crippen LogP) is 1.73. The first kappa shape index (κ1) is 11.6. The molecule has 0 aromatic carbocycles. The minimum atomic E-state index is -0.990. The summed E-state index contributed by atoms with van der Waals surface area (Å²) in [6, 6.07) is 0.0818. The fourth-order valence-electron chi connectivity index (χ4n) is 1.47. The SMILES string of the molecule is CCc1nn(C(C)C)c(OC)c1C(=O)O. The summed E-state index contributed by atoms with van der Waals surface area (Å²) in [6.45, 7) is 5.74. The average molecular weight is 212 g/mol. The van der Waals surface area contributed by atoms with Crippen LogP contribution in [0.5, 0.6) is 5.88 Å². The van der Waals surface area contributed by atoms with E-state index in [1.54, 1.807) is 4.68 Å². The second-order valence-corrected chi connectivity index (χ2v) is 3.53. The van der Waals surface area contributed by atoms with Gasteiger partial charge in [0.15, 0.2) is 0 Å². The smallest absolute Gasteiger partial charge is 0.343 e. The van der Waals surface area contributed by atoms with Gasteiger partial charge in [-0.25, -0.2) is 9.48 Å². The topological polar surface area (TPSA) is 64.4 Å². The van der Waals surface area contributed by atoms with Gasteiger partial charge in [0.05, 0.1) is 18.8 Å². The van der Waals surface area contributed by atoms with Crippen molar-refractivity contribution in [3.05, 3.63) is 11.3 Å². The Morgan fingerprint density at radius 1 is 1.60 bits per heavy atom. The highest BCUT2D eigenvalue weighted by molar-refractivity contribution is 5.91. The van der Waals surface area contributed by atoms with Gasteiger partial charge in [-0.1, -0.05) is 6.92 Å². The maximum absolute atomic E-state index is 11.1. The number of methoxy groups -OCH3 is 1. The van der Waals surface area contributed by atoms with Crippen LogP contribution in [0.25, 0.3) is 0 Å². The van der Waals surface area contributed by atoms with Gasteiger partial charge >= 0.3 is 5.97 Å². The van der Waals surface area contributed by atoms with Gasteiger partial charge in [0.2, 0.25) is 5.88 Å². The minimum Gasteiger partial charge on any atom is -0.481 e. The van der Waals surface area contributed by atoms with Crippen LogP contribution in [0.1, 0.15) is 42.9 Å². The molecule has 5 nitrogen and oxygen atoms in total. The molecule has 0 aliphatic carbocycles. The van der Waals surface area contributed by atoms with Gasteiger partial charge in [-0.05, 0) is 20.3 Å². The molecular weight excluding hydrogens is 196 g/mol. The molecule has 0 spiro atoms. The van der Waals surface area contributed by atoms with E-state index in [1.165, 1.54) is 7.11 Å². The van der Waals surface area contributed by atoms with E-state index < -0.39 is 5.97 Å². The molecule has 0 amide bonds. The second-order valence-electron chi connectivity index (χ2n) is 3.53. The van der Waals surface area contributed by atoms with Crippen LogP contribution in [-0.2, 0) is 6.42 Å². The van der Waals surface area contributed by atoms with Gasteiger partial charge in [0.25, 0.3) is 0 Å². The number of hydrogen-bond acceptors (Lipinski definition) is 3. The molecule has 5 heteroatoms. The summed E-state index contributed by atoms with van der Waals surface area (Å²) in [4.78, 5) is 11.1. The fourth-order valence-corrected chi connectivity index (χ4v) is 1.47. The lowest BCUT2D eigenvalue weighted by Gasteiger charge is -2.09. The maximum Gasteiger partial charge on any atom is 0.343 e. The van der Waals surface area contributed by atoms with Crippen molar-refractivity contribution in [2.24, 2.45) is 0 Å². The van der Waals surface area contributed by atoms with Crippen molar-refractivity contribution in [2.45, 2.75) is 33.2 Å².